The van der Waals surface area contributed by atoms with Crippen LogP contribution in [0.3, 0.4) is 0 Å². The fourth-order valence-electron chi connectivity index (χ4n) is 2.34. The molecule has 0 unspecified atom stereocenters. The standard InChI is InChI=1S/C15H22BrNO3/c1-17(12-15(18)6-9-19-10-7-15)8-11-20-14-4-2-13(16)3-5-14/h2-5,18H,6-12H2,1H3. The van der Waals surface area contributed by atoms with E-state index < -0.39 is 5.60 Å². The number of rotatable bonds is 6. The van der Waals surface area contributed by atoms with Gasteiger partial charge in [0.15, 0.2) is 0 Å². The Morgan fingerprint density at radius 2 is 1.95 bits per heavy atom. The van der Waals surface area contributed by atoms with E-state index in [1.807, 2.05) is 31.3 Å². The van der Waals surface area contributed by atoms with Crippen LogP contribution >= 0.6 is 15.9 Å². The second-order valence-corrected chi connectivity index (χ2v) is 6.29. The zero-order valence-electron chi connectivity index (χ0n) is 11.8. The Bertz CT molecular complexity index is 404. The highest BCUT2D eigenvalue weighted by molar-refractivity contribution is 9.10. The lowest BCUT2D eigenvalue weighted by Crippen LogP contribution is -2.46. The molecule has 112 valence electrons. The van der Waals surface area contributed by atoms with Gasteiger partial charge in [-0.15, -0.1) is 0 Å². The van der Waals surface area contributed by atoms with Crippen molar-refractivity contribution < 1.29 is 14.6 Å². The fraction of sp³-hybridized carbons (Fsp3) is 0.600. The summed E-state index contributed by atoms with van der Waals surface area (Å²) in [6.07, 6.45) is 1.43. The maximum Gasteiger partial charge on any atom is 0.119 e. The first kappa shape index (κ1) is 15.8. The molecule has 1 heterocycles. The van der Waals surface area contributed by atoms with Crippen molar-refractivity contribution in [2.24, 2.45) is 0 Å². The predicted molar refractivity (Wildman–Crippen MR) is 82.1 cm³/mol. The molecule has 2 rings (SSSR count). The van der Waals surface area contributed by atoms with Crippen LogP contribution in [-0.2, 0) is 4.74 Å². The van der Waals surface area contributed by atoms with Gasteiger partial charge in [-0.3, -0.25) is 0 Å². The molecule has 1 aliphatic rings. The number of hydrogen-bond acceptors (Lipinski definition) is 4. The van der Waals surface area contributed by atoms with Gasteiger partial charge < -0.3 is 19.5 Å². The van der Waals surface area contributed by atoms with E-state index in [0.29, 0.717) is 39.2 Å². The molecule has 0 bridgehead atoms. The first-order valence-electron chi connectivity index (χ1n) is 6.94. The van der Waals surface area contributed by atoms with Crippen LogP contribution in [0.2, 0.25) is 0 Å². The minimum absolute atomic E-state index is 0.607. The van der Waals surface area contributed by atoms with E-state index in [9.17, 15) is 5.11 Å². The van der Waals surface area contributed by atoms with Gasteiger partial charge in [0.2, 0.25) is 0 Å². The van der Waals surface area contributed by atoms with Crippen LogP contribution in [0.4, 0.5) is 0 Å². The number of benzene rings is 1. The number of halogens is 1. The summed E-state index contributed by atoms with van der Waals surface area (Å²) >= 11 is 3.40. The number of likely N-dealkylation sites (N-methyl/N-ethyl adjacent to an activating group) is 1. The van der Waals surface area contributed by atoms with Crippen LogP contribution in [-0.4, -0.2) is 55.6 Å². The van der Waals surface area contributed by atoms with Crippen LogP contribution in [0.25, 0.3) is 0 Å². The summed E-state index contributed by atoms with van der Waals surface area (Å²) in [6, 6.07) is 7.81. The first-order valence-corrected chi connectivity index (χ1v) is 7.74. The Kier molecular flexibility index (Phi) is 5.84. The van der Waals surface area contributed by atoms with Gasteiger partial charge in [-0.2, -0.15) is 0 Å². The number of ether oxygens (including phenoxy) is 2. The van der Waals surface area contributed by atoms with Gasteiger partial charge in [0, 0.05) is 43.6 Å². The molecule has 4 nitrogen and oxygen atoms in total. The highest BCUT2D eigenvalue weighted by atomic mass is 79.9. The van der Waals surface area contributed by atoms with E-state index in [1.54, 1.807) is 0 Å². The molecule has 1 N–H and O–H groups in total. The third-order valence-electron chi connectivity index (χ3n) is 3.54. The van der Waals surface area contributed by atoms with E-state index >= 15 is 0 Å². The summed E-state index contributed by atoms with van der Waals surface area (Å²) < 4.78 is 12.0. The Morgan fingerprint density at radius 3 is 2.60 bits per heavy atom. The van der Waals surface area contributed by atoms with Crippen molar-refractivity contribution in [1.82, 2.24) is 4.90 Å². The zero-order valence-corrected chi connectivity index (χ0v) is 13.4. The molecule has 1 aliphatic heterocycles. The lowest BCUT2D eigenvalue weighted by Gasteiger charge is -2.35. The topological polar surface area (TPSA) is 41.9 Å². The van der Waals surface area contributed by atoms with Gasteiger partial charge >= 0.3 is 0 Å². The maximum absolute atomic E-state index is 10.4. The molecule has 0 radical (unpaired) electrons. The molecular formula is C15H22BrNO3. The molecule has 1 aromatic rings. The highest BCUT2D eigenvalue weighted by Gasteiger charge is 2.30. The lowest BCUT2D eigenvalue weighted by atomic mass is 9.94. The van der Waals surface area contributed by atoms with Crippen LogP contribution < -0.4 is 4.74 Å². The molecule has 0 atom stereocenters. The summed E-state index contributed by atoms with van der Waals surface area (Å²) in [6.45, 7) is 3.38. The van der Waals surface area contributed by atoms with Crippen molar-refractivity contribution in [3.8, 4) is 5.75 Å². The van der Waals surface area contributed by atoms with E-state index in [0.717, 1.165) is 16.8 Å². The van der Waals surface area contributed by atoms with Gasteiger partial charge in [-0.05, 0) is 31.3 Å². The van der Waals surface area contributed by atoms with E-state index in [4.69, 9.17) is 9.47 Å². The Hall–Kier alpha value is -0.620. The van der Waals surface area contributed by atoms with E-state index in [-0.39, 0.29) is 0 Å². The summed E-state index contributed by atoms with van der Waals surface area (Å²) in [4.78, 5) is 2.12. The van der Waals surface area contributed by atoms with Gasteiger partial charge in [0.1, 0.15) is 12.4 Å². The molecule has 0 aliphatic carbocycles. The number of aliphatic hydroxyl groups is 1. The van der Waals surface area contributed by atoms with Gasteiger partial charge in [0.05, 0.1) is 5.60 Å². The largest absolute Gasteiger partial charge is 0.492 e. The monoisotopic (exact) mass is 343 g/mol. The van der Waals surface area contributed by atoms with Crippen molar-refractivity contribution in [2.45, 2.75) is 18.4 Å². The minimum Gasteiger partial charge on any atom is -0.492 e. The third-order valence-corrected chi connectivity index (χ3v) is 4.07. The first-order chi connectivity index (χ1) is 9.57. The smallest absolute Gasteiger partial charge is 0.119 e. The molecule has 1 saturated heterocycles. The van der Waals surface area contributed by atoms with Gasteiger partial charge in [0.25, 0.3) is 0 Å². The molecule has 20 heavy (non-hydrogen) atoms. The van der Waals surface area contributed by atoms with Crippen LogP contribution in [0.1, 0.15) is 12.8 Å². The van der Waals surface area contributed by atoms with Crippen LogP contribution in [0.15, 0.2) is 28.7 Å². The van der Waals surface area contributed by atoms with Crippen molar-refractivity contribution in [1.29, 1.82) is 0 Å². The average Bonchev–Trinajstić information content (AvgIpc) is 2.41. The molecule has 0 saturated carbocycles. The number of nitrogens with zero attached hydrogens (tertiary/aromatic N) is 1. The zero-order chi connectivity index (χ0) is 14.4. The van der Waals surface area contributed by atoms with Crippen LogP contribution in [0.5, 0.6) is 5.75 Å². The summed E-state index contributed by atoms with van der Waals surface area (Å²) in [5.41, 5.74) is -0.607. The SMILES string of the molecule is CN(CCOc1ccc(Br)cc1)CC1(O)CCOCC1. The number of hydrogen-bond donors (Lipinski definition) is 1. The van der Waals surface area contributed by atoms with Gasteiger partial charge in [-0.1, -0.05) is 15.9 Å². The molecule has 0 amide bonds. The molecule has 5 heteroatoms. The fourth-order valence-corrected chi connectivity index (χ4v) is 2.61. The Balaban J connectivity index is 1.69. The maximum atomic E-state index is 10.4. The second-order valence-electron chi connectivity index (χ2n) is 5.38. The highest BCUT2D eigenvalue weighted by Crippen LogP contribution is 2.21. The molecule has 0 spiro atoms. The Labute approximate surface area is 128 Å². The third kappa shape index (κ3) is 5.05. The normalized spacial score (nSPS) is 18.2. The average molecular weight is 344 g/mol. The van der Waals surface area contributed by atoms with Crippen molar-refractivity contribution in [3.05, 3.63) is 28.7 Å². The molecule has 1 fully saturated rings. The van der Waals surface area contributed by atoms with Gasteiger partial charge in [-0.25, -0.2) is 0 Å². The van der Waals surface area contributed by atoms with E-state index in [2.05, 4.69) is 20.8 Å². The lowest BCUT2D eigenvalue weighted by molar-refractivity contribution is -0.0775. The molecule has 0 aromatic heterocycles. The van der Waals surface area contributed by atoms with E-state index in [1.165, 1.54) is 0 Å². The summed E-state index contributed by atoms with van der Waals surface area (Å²) in [5.74, 6) is 0.867. The predicted octanol–water partition coefficient (Wildman–Crippen LogP) is 2.30. The second kappa shape index (κ2) is 7.41. The van der Waals surface area contributed by atoms with Crippen molar-refractivity contribution >= 4 is 15.9 Å². The molecule has 1 aromatic carbocycles. The molecular weight excluding hydrogens is 322 g/mol. The van der Waals surface area contributed by atoms with Crippen molar-refractivity contribution in [2.75, 3.05) is 40.0 Å². The Morgan fingerprint density at radius 1 is 1.30 bits per heavy atom. The summed E-state index contributed by atoms with van der Waals surface area (Å²) in [7, 11) is 2.01. The quantitative estimate of drug-likeness (QED) is 0.860. The summed E-state index contributed by atoms with van der Waals surface area (Å²) in [5, 5.41) is 10.4. The minimum atomic E-state index is -0.607. The van der Waals surface area contributed by atoms with Crippen LogP contribution in [0, 0.1) is 0 Å². The van der Waals surface area contributed by atoms with Crippen molar-refractivity contribution in [3.63, 3.8) is 0 Å².